The SMILES string of the molecule is O=C(/C=C/c1cccs1)N1Cc2cnc(N3CCOCC3)nc2C1. The summed E-state index contributed by atoms with van der Waals surface area (Å²) in [5.41, 5.74) is 1.98. The van der Waals surface area contributed by atoms with Crippen LogP contribution in [0.5, 0.6) is 0 Å². The number of ether oxygens (including phenoxy) is 1. The van der Waals surface area contributed by atoms with E-state index in [0.29, 0.717) is 26.3 Å². The summed E-state index contributed by atoms with van der Waals surface area (Å²) in [5.74, 6) is 0.745. The summed E-state index contributed by atoms with van der Waals surface area (Å²) in [6.45, 7) is 4.16. The molecule has 6 nitrogen and oxygen atoms in total. The van der Waals surface area contributed by atoms with Crippen LogP contribution in [-0.2, 0) is 22.6 Å². The highest BCUT2D eigenvalue weighted by molar-refractivity contribution is 7.10. The molecule has 124 valence electrons. The number of fused-ring (bicyclic) bond motifs is 1. The van der Waals surface area contributed by atoms with Gasteiger partial charge in [0.1, 0.15) is 0 Å². The van der Waals surface area contributed by atoms with E-state index in [1.54, 1.807) is 22.3 Å². The number of nitrogens with zero attached hydrogens (tertiary/aromatic N) is 4. The average Bonchev–Trinajstić information content (AvgIpc) is 3.29. The Morgan fingerprint density at radius 1 is 1.29 bits per heavy atom. The molecule has 1 amide bonds. The maximum absolute atomic E-state index is 12.4. The summed E-state index contributed by atoms with van der Waals surface area (Å²) < 4.78 is 5.36. The Balaban J connectivity index is 1.44. The van der Waals surface area contributed by atoms with Crippen molar-refractivity contribution in [2.75, 3.05) is 31.2 Å². The smallest absolute Gasteiger partial charge is 0.247 e. The first-order chi connectivity index (χ1) is 11.8. The maximum atomic E-state index is 12.4. The van der Waals surface area contributed by atoms with Crippen molar-refractivity contribution in [2.45, 2.75) is 13.1 Å². The predicted octanol–water partition coefficient (Wildman–Crippen LogP) is 1.93. The van der Waals surface area contributed by atoms with Gasteiger partial charge in [0.2, 0.25) is 11.9 Å². The molecule has 1 fully saturated rings. The van der Waals surface area contributed by atoms with Gasteiger partial charge >= 0.3 is 0 Å². The molecule has 0 saturated carbocycles. The molecule has 7 heteroatoms. The van der Waals surface area contributed by atoms with Crippen molar-refractivity contribution >= 4 is 29.3 Å². The van der Waals surface area contributed by atoms with Crippen LogP contribution in [0.25, 0.3) is 6.08 Å². The van der Waals surface area contributed by atoms with Crippen LogP contribution >= 0.6 is 11.3 Å². The van der Waals surface area contributed by atoms with Crippen molar-refractivity contribution < 1.29 is 9.53 Å². The number of hydrogen-bond donors (Lipinski definition) is 0. The summed E-state index contributed by atoms with van der Waals surface area (Å²) in [6, 6.07) is 3.97. The van der Waals surface area contributed by atoms with Crippen LogP contribution in [0.15, 0.2) is 29.8 Å². The van der Waals surface area contributed by atoms with Crippen molar-refractivity contribution in [3.8, 4) is 0 Å². The number of carbonyl (C=O) groups excluding carboxylic acids is 1. The Bertz CT molecular complexity index is 754. The fraction of sp³-hybridized carbons (Fsp3) is 0.353. The van der Waals surface area contributed by atoms with Crippen molar-refractivity contribution in [3.63, 3.8) is 0 Å². The average molecular weight is 342 g/mol. The van der Waals surface area contributed by atoms with Crippen LogP contribution in [0, 0.1) is 0 Å². The summed E-state index contributed by atoms with van der Waals surface area (Å²) in [7, 11) is 0. The third-order valence-electron chi connectivity index (χ3n) is 4.18. The quantitative estimate of drug-likeness (QED) is 0.798. The first kappa shape index (κ1) is 15.3. The topological polar surface area (TPSA) is 58.6 Å². The van der Waals surface area contributed by atoms with E-state index in [1.807, 2.05) is 29.8 Å². The number of thiophene rings is 1. The minimum atomic E-state index is 0.00863. The second kappa shape index (κ2) is 6.70. The predicted molar refractivity (Wildman–Crippen MR) is 92.7 cm³/mol. The number of carbonyl (C=O) groups is 1. The number of aromatic nitrogens is 2. The lowest BCUT2D eigenvalue weighted by Gasteiger charge is -2.26. The summed E-state index contributed by atoms with van der Waals surface area (Å²) in [5, 5.41) is 2.00. The van der Waals surface area contributed by atoms with Gasteiger partial charge in [0.15, 0.2) is 0 Å². The van der Waals surface area contributed by atoms with Gasteiger partial charge in [-0.05, 0) is 17.5 Å². The molecule has 0 radical (unpaired) electrons. The Labute approximate surface area is 144 Å². The Morgan fingerprint density at radius 3 is 2.96 bits per heavy atom. The zero-order chi connectivity index (χ0) is 16.4. The summed E-state index contributed by atoms with van der Waals surface area (Å²) in [4.78, 5) is 26.5. The maximum Gasteiger partial charge on any atom is 0.247 e. The van der Waals surface area contributed by atoms with Gasteiger partial charge in [0.25, 0.3) is 0 Å². The van der Waals surface area contributed by atoms with Gasteiger partial charge < -0.3 is 14.5 Å². The van der Waals surface area contributed by atoms with E-state index in [9.17, 15) is 4.79 Å². The first-order valence-electron chi connectivity index (χ1n) is 7.97. The second-order valence-corrected chi connectivity index (χ2v) is 6.76. The van der Waals surface area contributed by atoms with E-state index in [1.165, 1.54) is 0 Å². The van der Waals surface area contributed by atoms with E-state index in [4.69, 9.17) is 4.74 Å². The van der Waals surface area contributed by atoms with Crippen molar-refractivity contribution in [1.82, 2.24) is 14.9 Å². The number of rotatable bonds is 3. The van der Waals surface area contributed by atoms with E-state index in [-0.39, 0.29) is 5.91 Å². The normalized spacial score (nSPS) is 17.5. The molecule has 2 aromatic heterocycles. The molecular formula is C17H18N4O2S. The van der Waals surface area contributed by atoms with Crippen LogP contribution in [0.4, 0.5) is 5.95 Å². The molecule has 4 rings (SSSR count). The Kier molecular flexibility index (Phi) is 4.27. The minimum absolute atomic E-state index is 0.00863. The molecule has 0 bridgehead atoms. The lowest BCUT2D eigenvalue weighted by atomic mass is 10.3. The molecule has 0 N–H and O–H groups in total. The van der Waals surface area contributed by atoms with Gasteiger partial charge in [0.05, 0.1) is 25.5 Å². The molecule has 2 aliphatic rings. The van der Waals surface area contributed by atoms with Crippen molar-refractivity contribution in [2.24, 2.45) is 0 Å². The zero-order valence-corrected chi connectivity index (χ0v) is 14.0. The van der Waals surface area contributed by atoms with E-state index < -0.39 is 0 Å². The van der Waals surface area contributed by atoms with Crippen LogP contribution < -0.4 is 4.90 Å². The van der Waals surface area contributed by atoms with E-state index in [2.05, 4.69) is 14.9 Å². The van der Waals surface area contributed by atoms with Crippen molar-refractivity contribution in [1.29, 1.82) is 0 Å². The highest BCUT2D eigenvalue weighted by Gasteiger charge is 2.25. The summed E-state index contributed by atoms with van der Waals surface area (Å²) >= 11 is 1.62. The minimum Gasteiger partial charge on any atom is -0.378 e. The van der Waals surface area contributed by atoms with Crippen LogP contribution in [0.1, 0.15) is 16.1 Å². The molecule has 1 saturated heterocycles. The molecule has 0 aromatic carbocycles. The monoisotopic (exact) mass is 342 g/mol. The highest BCUT2D eigenvalue weighted by Crippen LogP contribution is 2.23. The number of anilines is 1. The standard InChI is InChI=1S/C17H18N4O2S/c22-16(4-3-14-2-1-9-24-14)21-11-13-10-18-17(19-15(13)12-21)20-5-7-23-8-6-20/h1-4,9-10H,5-8,11-12H2/b4-3+. The second-order valence-electron chi connectivity index (χ2n) is 5.78. The third kappa shape index (κ3) is 3.18. The largest absolute Gasteiger partial charge is 0.378 e. The van der Waals surface area contributed by atoms with Gasteiger partial charge in [-0.1, -0.05) is 6.07 Å². The Morgan fingerprint density at radius 2 is 2.17 bits per heavy atom. The number of amides is 1. The molecule has 2 aliphatic heterocycles. The van der Waals surface area contributed by atoms with Gasteiger partial charge in [-0.15, -0.1) is 11.3 Å². The fourth-order valence-electron chi connectivity index (χ4n) is 2.86. The number of morpholine rings is 1. The molecule has 0 spiro atoms. The van der Waals surface area contributed by atoms with Crippen LogP contribution in [0.3, 0.4) is 0 Å². The lowest BCUT2D eigenvalue weighted by molar-refractivity contribution is -0.126. The zero-order valence-electron chi connectivity index (χ0n) is 13.2. The molecule has 2 aromatic rings. The van der Waals surface area contributed by atoms with Crippen LogP contribution in [-0.4, -0.2) is 47.1 Å². The molecule has 24 heavy (non-hydrogen) atoms. The Hall–Kier alpha value is -2.25. The molecule has 0 unspecified atom stereocenters. The molecule has 0 atom stereocenters. The van der Waals surface area contributed by atoms with E-state index in [0.717, 1.165) is 35.2 Å². The number of hydrogen-bond acceptors (Lipinski definition) is 6. The lowest BCUT2D eigenvalue weighted by Crippen LogP contribution is -2.37. The van der Waals surface area contributed by atoms with Crippen LogP contribution in [0.2, 0.25) is 0 Å². The molecule has 0 aliphatic carbocycles. The fourth-order valence-corrected chi connectivity index (χ4v) is 3.48. The highest BCUT2D eigenvalue weighted by atomic mass is 32.1. The van der Waals surface area contributed by atoms with Gasteiger partial charge in [0, 0.05) is 42.3 Å². The van der Waals surface area contributed by atoms with E-state index >= 15 is 0 Å². The first-order valence-corrected chi connectivity index (χ1v) is 8.85. The van der Waals surface area contributed by atoms with Gasteiger partial charge in [-0.2, -0.15) is 0 Å². The van der Waals surface area contributed by atoms with Gasteiger partial charge in [-0.3, -0.25) is 4.79 Å². The summed E-state index contributed by atoms with van der Waals surface area (Å²) in [6.07, 6.45) is 5.35. The molecular weight excluding hydrogens is 324 g/mol. The third-order valence-corrected chi connectivity index (χ3v) is 5.02. The van der Waals surface area contributed by atoms with Crippen molar-refractivity contribution in [3.05, 3.63) is 45.9 Å². The molecule has 4 heterocycles. The van der Waals surface area contributed by atoms with Gasteiger partial charge in [-0.25, -0.2) is 9.97 Å².